The first-order valence-corrected chi connectivity index (χ1v) is 7.98. The maximum absolute atomic E-state index is 12.4. The van der Waals surface area contributed by atoms with Crippen LogP contribution < -0.4 is 5.32 Å². The monoisotopic (exact) mass is 335 g/mol. The molecule has 0 saturated carbocycles. The summed E-state index contributed by atoms with van der Waals surface area (Å²) < 4.78 is 5.84. The molecule has 0 aliphatic heterocycles. The second-order valence-electron chi connectivity index (χ2n) is 5.73. The van der Waals surface area contributed by atoms with E-state index in [9.17, 15) is 4.79 Å². The molecule has 118 valence electrons. The number of hydrogen-bond acceptors (Lipinski definition) is 2. The molecule has 1 heterocycles. The van der Waals surface area contributed by atoms with Gasteiger partial charge in [0.25, 0.3) is 5.91 Å². The second kappa shape index (κ2) is 5.69. The number of para-hydroxylation sites is 1. The third-order valence-corrected chi connectivity index (χ3v) is 4.48. The van der Waals surface area contributed by atoms with Gasteiger partial charge in [0, 0.05) is 33.1 Å². The van der Waals surface area contributed by atoms with Crippen LogP contribution in [0.15, 0.2) is 65.1 Å². The highest BCUT2D eigenvalue weighted by Crippen LogP contribution is 2.30. The molecule has 0 bridgehead atoms. The number of aryl methyl sites for hydroxylation is 1. The lowest BCUT2D eigenvalue weighted by molar-refractivity contribution is 0.102. The van der Waals surface area contributed by atoms with E-state index >= 15 is 0 Å². The van der Waals surface area contributed by atoms with Gasteiger partial charge < -0.3 is 9.73 Å². The zero-order valence-corrected chi connectivity index (χ0v) is 13.7. The van der Waals surface area contributed by atoms with Gasteiger partial charge in [0.1, 0.15) is 11.2 Å². The molecule has 4 heteroatoms. The van der Waals surface area contributed by atoms with Gasteiger partial charge in [-0.3, -0.25) is 4.79 Å². The molecular formula is C20H14ClNO2. The van der Waals surface area contributed by atoms with E-state index in [1.807, 2.05) is 55.5 Å². The minimum Gasteiger partial charge on any atom is -0.456 e. The lowest BCUT2D eigenvalue weighted by atomic mass is 10.1. The molecule has 1 amide bonds. The highest BCUT2D eigenvalue weighted by molar-refractivity contribution is 6.31. The zero-order chi connectivity index (χ0) is 16.7. The first kappa shape index (κ1) is 14.8. The van der Waals surface area contributed by atoms with Crippen LogP contribution in [0.2, 0.25) is 5.02 Å². The van der Waals surface area contributed by atoms with Gasteiger partial charge in [-0.2, -0.15) is 0 Å². The Morgan fingerprint density at radius 2 is 1.75 bits per heavy atom. The lowest BCUT2D eigenvalue weighted by Crippen LogP contribution is -2.11. The molecule has 0 saturated heterocycles. The van der Waals surface area contributed by atoms with E-state index in [-0.39, 0.29) is 5.91 Å². The number of fused-ring (bicyclic) bond motifs is 3. The molecule has 1 N–H and O–H groups in total. The molecule has 3 aromatic carbocycles. The van der Waals surface area contributed by atoms with Crippen LogP contribution in [-0.2, 0) is 0 Å². The average Bonchev–Trinajstić information content (AvgIpc) is 2.95. The number of halogens is 1. The first-order valence-electron chi connectivity index (χ1n) is 7.60. The largest absolute Gasteiger partial charge is 0.456 e. The van der Waals surface area contributed by atoms with Crippen molar-refractivity contribution in [1.82, 2.24) is 0 Å². The van der Waals surface area contributed by atoms with E-state index in [0.29, 0.717) is 16.3 Å². The molecular weight excluding hydrogens is 322 g/mol. The number of benzene rings is 3. The Morgan fingerprint density at radius 3 is 2.58 bits per heavy atom. The van der Waals surface area contributed by atoms with Gasteiger partial charge in [-0.05, 0) is 42.8 Å². The standard InChI is InChI=1S/C20H14ClNO2/c1-12-6-7-13(10-17(12)21)20(23)22-14-8-9-16-15-4-2-3-5-18(15)24-19(16)11-14/h2-11H,1H3,(H,22,23). The lowest BCUT2D eigenvalue weighted by Gasteiger charge is -2.06. The Labute approximate surface area is 143 Å². The van der Waals surface area contributed by atoms with E-state index in [1.165, 1.54) is 0 Å². The summed E-state index contributed by atoms with van der Waals surface area (Å²) in [5.41, 5.74) is 3.73. The molecule has 4 aromatic rings. The van der Waals surface area contributed by atoms with Gasteiger partial charge in [-0.25, -0.2) is 0 Å². The fraction of sp³-hybridized carbons (Fsp3) is 0.0500. The topological polar surface area (TPSA) is 42.2 Å². The molecule has 1 aromatic heterocycles. The van der Waals surface area contributed by atoms with Crippen molar-refractivity contribution in [2.24, 2.45) is 0 Å². The van der Waals surface area contributed by atoms with Crippen LogP contribution >= 0.6 is 11.6 Å². The Bertz CT molecular complexity index is 1080. The fourth-order valence-corrected chi connectivity index (χ4v) is 2.92. The van der Waals surface area contributed by atoms with Crippen molar-refractivity contribution >= 4 is 45.1 Å². The van der Waals surface area contributed by atoms with Crippen molar-refractivity contribution in [3.05, 3.63) is 76.8 Å². The molecule has 0 radical (unpaired) electrons. The number of furan rings is 1. The Balaban J connectivity index is 1.67. The number of nitrogens with one attached hydrogen (secondary N) is 1. The summed E-state index contributed by atoms with van der Waals surface area (Å²) in [5.74, 6) is -0.202. The van der Waals surface area contributed by atoms with Gasteiger partial charge in [0.2, 0.25) is 0 Å². The predicted octanol–water partition coefficient (Wildman–Crippen LogP) is 5.80. The summed E-state index contributed by atoms with van der Waals surface area (Å²) in [7, 11) is 0. The molecule has 3 nitrogen and oxygen atoms in total. The maximum atomic E-state index is 12.4. The quantitative estimate of drug-likeness (QED) is 0.503. The van der Waals surface area contributed by atoms with E-state index < -0.39 is 0 Å². The van der Waals surface area contributed by atoms with Crippen LogP contribution in [0.4, 0.5) is 5.69 Å². The van der Waals surface area contributed by atoms with Gasteiger partial charge in [-0.1, -0.05) is 35.9 Å². The molecule has 4 rings (SSSR count). The van der Waals surface area contributed by atoms with E-state index in [4.69, 9.17) is 16.0 Å². The normalized spacial score (nSPS) is 11.1. The summed E-state index contributed by atoms with van der Waals surface area (Å²) in [5, 5.41) is 5.56. The molecule has 0 atom stereocenters. The summed E-state index contributed by atoms with van der Waals surface area (Å²) in [4.78, 5) is 12.4. The van der Waals surface area contributed by atoms with Crippen molar-refractivity contribution in [2.45, 2.75) is 6.92 Å². The minimum atomic E-state index is -0.202. The molecule has 24 heavy (non-hydrogen) atoms. The van der Waals surface area contributed by atoms with Crippen LogP contribution in [0.5, 0.6) is 0 Å². The Morgan fingerprint density at radius 1 is 0.958 bits per heavy atom. The van der Waals surface area contributed by atoms with Crippen LogP contribution in [-0.4, -0.2) is 5.91 Å². The van der Waals surface area contributed by atoms with E-state index in [1.54, 1.807) is 12.1 Å². The van der Waals surface area contributed by atoms with Crippen LogP contribution in [0, 0.1) is 6.92 Å². The maximum Gasteiger partial charge on any atom is 0.255 e. The number of rotatable bonds is 2. The summed E-state index contributed by atoms with van der Waals surface area (Å²) in [6, 6.07) is 18.8. The highest BCUT2D eigenvalue weighted by Gasteiger charge is 2.10. The smallest absolute Gasteiger partial charge is 0.255 e. The number of anilines is 1. The van der Waals surface area contributed by atoms with Gasteiger partial charge in [0.05, 0.1) is 0 Å². The molecule has 0 fully saturated rings. The fourth-order valence-electron chi connectivity index (χ4n) is 2.74. The van der Waals surface area contributed by atoms with Crippen molar-refractivity contribution in [3.63, 3.8) is 0 Å². The number of carbonyl (C=O) groups is 1. The highest BCUT2D eigenvalue weighted by atomic mass is 35.5. The summed E-state index contributed by atoms with van der Waals surface area (Å²) in [6.45, 7) is 1.90. The summed E-state index contributed by atoms with van der Waals surface area (Å²) >= 11 is 6.09. The Kier molecular flexibility index (Phi) is 3.51. The van der Waals surface area contributed by atoms with Gasteiger partial charge in [0.15, 0.2) is 0 Å². The number of hydrogen-bond donors (Lipinski definition) is 1. The summed E-state index contributed by atoms with van der Waals surface area (Å²) in [6.07, 6.45) is 0. The number of carbonyl (C=O) groups excluding carboxylic acids is 1. The number of amides is 1. The second-order valence-corrected chi connectivity index (χ2v) is 6.13. The Hall–Kier alpha value is -2.78. The molecule has 0 aliphatic carbocycles. The van der Waals surface area contributed by atoms with Gasteiger partial charge in [-0.15, -0.1) is 0 Å². The first-order chi connectivity index (χ1) is 11.6. The van der Waals surface area contributed by atoms with Crippen molar-refractivity contribution in [1.29, 1.82) is 0 Å². The van der Waals surface area contributed by atoms with Crippen LogP contribution in [0.1, 0.15) is 15.9 Å². The SMILES string of the molecule is Cc1ccc(C(=O)Nc2ccc3c(c2)oc2ccccc23)cc1Cl. The van der Waals surface area contributed by atoms with Crippen molar-refractivity contribution < 1.29 is 9.21 Å². The van der Waals surface area contributed by atoms with Crippen LogP contribution in [0.3, 0.4) is 0 Å². The molecule has 0 aliphatic rings. The van der Waals surface area contributed by atoms with Gasteiger partial charge >= 0.3 is 0 Å². The zero-order valence-electron chi connectivity index (χ0n) is 13.0. The van der Waals surface area contributed by atoms with E-state index in [2.05, 4.69) is 5.32 Å². The minimum absolute atomic E-state index is 0.202. The molecule has 0 spiro atoms. The van der Waals surface area contributed by atoms with Crippen molar-refractivity contribution in [2.75, 3.05) is 5.32 Å². The average molecular weight is 336 g/mol. The molecule has 0 unspecified atom stereocenters. The third kappa shape index (κ3) is 2.53. The third-order valence-electron chi connectivity index (χ3n) is 4.07. The van der Waals surface area contributed by atoms with Crippen molar-refractivity contribution in [3.8, 4) is 0 Å². The van der Waals surface area contributed by atoms with Crippen LogP contribution in [0.25, 0.3) is 21.9 Å². The van der Waals surface area contributed by atoms with E-state index in [0.717, 1.165) is 27.5 Å². The predicted molar refractivity (Wildman–Crippen MR) is 97.9 cm³/mol.